The monoisotopic (exact) mass is 366 g/mol. The highest BCUT2D eigenvalue weighted by atomic mass is 28.3. The lowest BCUT2D eigenvalue weighted by Gasteiger charge is -2.28. The standard InChI is InChI=1S/C20H27F3NSi/c1-14-12-15(19(2,3)20(21,22)23)8-10-17(14)18-11-9-16(13-24(18)4)25(5,6)7/h8-13H,1-7H3/q+1. The largest absolute Gasteiger partial charge is 0.397 e. The molecule has 0 atom stereocenters. The molecule has 1 nitrogen and oxygen atoms in total. The predicted molar refractivity (Wildman–Crippen MR) is 99.9 cm³/mol. The summed E-state index contributed by atoms with van der Waals surface area (Å²) >= 11 is 0. The minimum absolute atomic E-state index is 0.294. The molecule has 1 heterocycles. The minimum atomic E-state index is -4.27. The van der Waals surface area contributed by atoms with Gasteiger partial charge >= 0.3 is 6.18 Å². The van der Waals surface area contributed by atoms with Gasteiger partial charge in [-0.2, -0.15) is 13.2 Å². The van der Waals surface area contributed by atoms with E-state index in [4.69, 9.17) is 0 Å². The van der Waals surface area contributed by atoms with E-state index in [9.17, 15) is 13.2 Å². The summed E-state index contributed by atoms with van der Waals surface area (Å²) in [5.74, 6) is 0. The molecular weight excluding hydrogens is 339 g/mol. The number of nitrogens with zero attached hydrogens (tertiary/aromatic N) is 1. The van der Waals surface area contributed by atoms with Crippen molar-refractivity contribution in [1.82, 2.24) is 0 Å². The lowest BCUT2D eigenvalue weighted by atomic mass is 9.82. The topological polar surface area (TPSA) is 3.88 Å². The maximum atomic E-state index is 13.3. The Balaban J connectivity index is 2.50. The second-order valence-electron chi connectivity index (χ2n) is 8.32. The summed E-state index contributed by atoms with van der Waals surface area (Å²) in [6.07, 6.45) is -2.13. The molecule has 2 rings (SSSR count). The molecule has 0 N–H and O–H groups in total. The molecule has 0 aliphatic carbocycles. The maximum Gasteiger partial charge on any atom is 0.397 e. The van der Waals surface area contributed by atoms with E-state index in [0.29, 0.717) is 5.56 Å². The van der Waals surface area contributed by atoms with Crippen LogP contribution in [0.25, 0.3) is 11.3 Å². The van der Waals surface area contributed by atoms with Gasteiger partial charge in [-0.15, -0.1) is 0 Å². The van der Waals surface area contributed by atoms with E-state index in [2.05, 4.69) is 42.5 Å². The van der Waals surface area contributed by atoms with Crippen molar-refractivity contribution in [1.29, 1.82) is 0 Å². The average Bonchev–Trinajstić information content (AvgIpc) is 2.45. The lowest BCUT2D eigenvalue weighted by molar-refractivity contribution is -0.659. The molecule has 136 valence electrons. The van der Waals surface area contributed by atoms with Crippen molar-refractivity contribution in [2.24, 2.45) is 7.05 Å². The normalized spacial score (nSPS) is 13.2. The van der Waals surface area contributed by atoms with E-state index in [-0.39, 0.29) is 0 Å². The second kappa shape index (κ2) is 6.27. The Bertz CT molecular complexity index is 787. The lowest BCUT2D eigenvalue weighted by Crippen LogP contribution is -2.45. The Hall–Kier alpha value is -1.62. The maximum absolute atomic E-state index is 13.3. The fraction of sp³-hybridized carbons (Fsp3) is 0.450. The quantitative estimate of drug-likeness (QED) is 0.539. The van der Waals surface area contributed by atoms with Crippen LogP contribution >= 0.6 is 0 Å². The van der Waals surface area contributed by atoms with Crippen molar-refractivity contribution in [2.45, 2.75) is 52.0 Å². The van der Waals surface area contributed by atoms with Crippen molar-refractivity contribution in [3.05, 3.63) is 47.7 Å². The van der Waals surface area contributed by atoms with Crippen molar-refractivity contribution >= 4 is 13.3 Å². The second-order valence-corrected chi connectivity index (χ2v) is 13.4. The number of benzene rings is 1. The summed E-state index contributed by atoms with van der Waals surface area (Å²) in [7, 11) is 0.589. The third-order valence-corrected chi connectivity index (χ3v) is 6.96. The highest BCUT2D eigenvalue weighted by Gasteiger charge is 2.48. The first-order chi connectivity index (χ1) is 11.2. The molecule has 0 aliphatic rings. The van der Waals surface area contributed by atoms with Crippen molar-refractivity contribution in [2.75, 3.05) is 0 Å². The number of hydrogen-bond donors (Lipinski definition) is 0. The molecule has 0 spiro atoms. The molecule has 0 amide bonds. The van der Waals surface area contributed by atoms with Gasteiger partial charge in [-0.25, -0.2) is 4.57 Å². The summed E-state index contributed by atoms with van der Waals surface area (Å²) < 4.78 is 42.0. The summed E-state index contributed by atoms with van der Waals surface area (Å²) in [5.41, 5.74) is 1.26. The van der Waals surface area contributed by atoms with Crippen molar-refractivity contribution in [3.8, 4) is 11.3 Å². The summed E-state index contributed by atoms with van der Waals surface area (Å²) in [6.45, 7) is 11.2. The van der Waals surface area contributed by atoms with Crippen LogP contribution in [0.2, 0.25) is 19.6 Å². The molecule has 0 saturated carbocycles. The number of rotatable bonds is 3. The fourth-order valence-electron chi connectivity index (χ4n) is 2.83. The Labute approximate surface area is 149 Å². The minimum Gasteiger partial charge on any atom is -0.201 e. The van der Waals surface area contributed by atoms with Crippen LogP contribution in [0.5, 0.6) is 0 Å². The van der Waals surface area contributed by atoms with Gasteiger partial charge in [0.1, 0.15) is 7.05 Å². The van der Waals surface area contributed by atoms with E-state index in [1.54, 1.807) is 12.1 Å². The molecule has 2 aromatic rings. The average molecular weight is 367 g/mol. The van der Waals surface area contributed by atoms with Gasteiger partial charge in [-0.05, 0) is 38.0 Å². The molecule has 1 aromatic carbocycles. The number of aromatic nitrogens is 1. The van der Waals surface area contributed by atoms with Crippen LogP contribution in [0.1, 0.15) is 25.0 Å². The van der Waals surface area contributed by atoms with Gasteiger partial charge in [-0.3, -0.25) is 0 Å². The summed E-state index contributed by atoms with van der Waals surface area (Å²) in [4.78, 5) is 0. The zero-order chi connectivity index (χ0) is 19.2. The molecule has 1 aromatic heterocycles. The molecule has 0 bridgehead atoms. The fourth-order valence-corrected chi connectivity index (χ4v) is 4.00. The van der Waals surface area contributed by atoms with E-state index in [1.807, 2.05) is 20.0 Å². The summed E-state index contributed by atoms with van der Waals surface area (Å²) in [5, 5.41) is 1.35. The Morgan fingerprint density at radius 1 is 0.960 bits per heavy atom. The van der Waals surface area contributed by atoms with Crippen LogP contribution in [0.4, 0.5) is 13.2 Å². The Morgan fingerprint density at radius 3 is 2.00 bits per heavy atom. The Kier molecular flexibility index (Phi) is 4.94. The first kappa shape index (κ1) is 19.7. The van der Waals surface area contributed by atoms with E-state index < -0.39 is 19.7 Å². The molecule has 0 unspecified atom stereocenters. The predicted octanol–water partition coefficient (Wildman–Crippen LogP) is 4.87. The molecule has 25 heavy (non-hydrogen) atoms. The number of hydrogen-bond acceptors (Lipinski definition) is 0. The van der Waals surface area contributed by atoms with Gasteiger partial charge in [-0.1, -0.05) is 37.8 Å². The van der Waals surface area contributed by atoms with Gasteiger partial charge in [0, 0.05) is 16.8 Å². The van der Waals surface area contributed by atoms with Gasteiger partial charge in [0.15, 0.2) is 6.20 Å². The van der Waals surface area contributed by atoms with Crippen LogP contribution in [0.15, 0.2) is 36.5 Å². The highest BCUT2D eigenvalue weighted by molar-refractivity contribution is 6.88. The number of alkyl halides is 3. The van der Waals surface area contributed by atoms with Crippen LogP contribution in [-0.2, 0) is 12.5 Å². The van der Waals surface area contributed by atoms with Gasteiger partial charge in [0.25, 0.3) is 0 Å². The third-order valence-electron chi connectivity index (χ3n) is 4.93. The molecule has 0 radical (unpaired) electrons. The first-order valence-corrected chi connectivity index (χ1v) is 11.9. The molecule has 5 heteroatoms. The van der Waals surface area contributed by atoms with Crippen LogP contribution in [0, 0.1) is 6.92 Å². The SMILES string of the molecule is Cc1cc(C(C)(C)C(F)(F)F)ccc1-c1ccc([Si](C)(C)C)c[n+]1C. The van der Waals surface area contributed by atoms with Gasteiger partial charge in [0.2, 0.25) is 5.69 Å². The third kappa shape index (κ3) is 3.81. The van der Waals surface area contributed by atoms with E-state index in [1.165, 1.54) is 19.0 Å². The number of aryl methyl sites for hydroxylation is 2. The summed E-state index contributed by atoms with van der Waals surface area (Å²) in [6, 6.07) is 9.29. The molecule has 0 saturated heterocycles. The zero-order valence-corrected chi connectivity index (χ0v) is 17.0. The smallest absolute Gasteiger partial charge is 0.201 e. The Morgan fingerprint density at radius 2 is 1.56 bits per heavy atom. The van der Waals surface area contributed by atoms with E-state index in [0.717, 1.165) is 16.8 Å². The molecular formula is C20H27F3NSi+. The highest BCUT2D eigenvalue weighted by Crippen LogP contribution is 2.41. The van der Waals surface area contributed by atoms with Crippen LogP contribution in [-0.4, -0.2) is 14.3 Å². The zero-order valence-electron chi connectivity index (χ0n) is 16.0. The molecule has 0 fully saturated rings. The van der Waals surface area contributed by atoms with Crippen molar-refractivity contribution < 1.29 is 17.7 Å². The van der Waals surface area contributed by atoms with Crippen LogP contribution in [0.3, 0.4) is 0 Å². The molecule has 0 aliphatic heterocycles. The van der Waals surface area contributed by atoms with Crippen LogP contribution < -0.4 is 9.75 Å². The first-order valence-electron chi connectivity index (χ1n) is 8.43. The van der Waals surface area contributed by atoms with Gasteiger partial charge < -0.3 is 0 Å². The number of pyridine rings is 1. The van der Waals surface area contributed by atoms with Gasteiger partial charge in [0.05, 0.1) is 13.5 Å². The number of halogens is 3. The van der Waals surface area contributed by atoms with Crippen molar-refractivity contribution in [3.63, 3.8) is 0 Å². The van der Waals surface area contributed by atoms with E-state index >= 15 is 0 Å².